The Bertz CT molecular complexity index is 1770. The van der Waals surface area contributed by atoms with Crippen LogP contribution < -0.4 is 14.4 Å². The molecule has 2 bridgehead atoms. The monoisotopic (exact) mass is 634 g/mol. The van der Waals surface area contributed by atoms with Gasteiger partial charge in [-0.1, -0.05) is 6.07 Å². The Kier molecular flexibility index (Phi) is 7.75. The largest absolute Gasteiger partial charge is 0.491 e. The number of fused-ring (bicyclic) bond motifs is 5. The molecule has 1 saturated carbocycles. The average molecular weight is 635 g/mol. The van der Waals surface area contributed by atoms with Crippen LogP contribution in [0.3, 0.4) is 0 Å². The fourth-order valence-corrected chi connectivity index (χ4v) is 8.63. The van der Waals surface area contributed by atoms with Crippen LogP contribution in [0.15, 0.2) is 55.1 Å². The van der Waals surface area contributed by atoms with E-state index in [2.05, 4.69) is 49.1 Å². The first-order valence-corrected chi connectivity index (χ1v) is 16.8. The van der Waals surface area contributed by atoms with Crippen LogP contribution in [0, 0.1) is 23.2 Å². The van der Waals surface area contributed by atoms with Gasteiger partial charge in [-0.15, -0.1) is 0 Å². The summed E-state index contributed by atoms with van der Waals surface area (Å²) in [7, 11) is 1.64. The van der Waals surface area contributed by atoms with Gasteiger partial charge >= 0.3 is 0 Å². The van der Waals surface area contributed by atoms with Crippen molar-refractivity contribution in [3.05, 3.63) is 66.2 Å². The molecule has 47 heavy (non-hydrogen) atoms. The molecule has 4 saturated heterocycles. The van der Waals surface area contributed by atoms with E-state index in [0.717, 1.165) is 81.0 Å². The molecular formula is C36H42N8O3. The van der Waals surface area contributed by atoms with E-state index in [-0.39, 0.29) is 0 Å². The number of aliphatic hydroxyl groups is 1. The number of piperazine rings is 1. The summed E-state index contributed by atoms with van der Waals surface area (Å²) in [4.78, 5) is 16.8. The molecule has 5 fully saturated rings. The maximum absolute atomic E-state index is 10.4. The number of hydrogen-bond acceptors (Lipinski definition) is 10. The van der Waals surface area contributed by atoms with Gasteiger partial charge < -0.3 is 19.5 Å². The van der Waals surface area contributed by atoms with E-state index in [0.29, 0.717) is 47.7 Å². The molecule has 0 spiro atoms. The predicted octanol–water partition coefficient (Wildman–Crippen LogP) is 4.00. The molecule has 11 nitrogen and oxygen atoms in total. The van der Waals surface area contributed by atoms with E-state index in [1.54, 1.807) is 17.8 Å². The van der Waals surface area contributed by atoms with Crippen molar-refractivity contribution in [1.82, 2.24) is 29.4 Å². The number of piperidine rings is 2. The molecule has 4 atom stereocenters. The molecule has 0 aromatic carbocycles. The summed E-state index contributed by atoms with van der Waals surface area (Å²) in [6, 6.07) is 13.5. The first-order chi connectivity index (χ1) is 22.9. The number of nitriles is 1. The molecule has 9 rings (SSSR count). The standard InChI is InChI=1S/C36H42N8O3/c1-36(45)12-26-19-41(20-27(26)13-36)9-10-47-31-11-32(35-28(14-37)17-40-44(35)23-31)25-4-7-33(38-16-25)43-22-29-5-6-30(43)21-42(29)18-24-3-8-34(46-2)39-15-24/h3-4,7-8,11,15-17,23,26-27,29-30,45H,5-6,9-10,12-13,18-22H2,1-2H3. The number of nitrogens with zero attached hydrogens (tertiary/aromatic N) is 8. The van der Waals surface area contributed by atoms with Gasteiger partial charge in [-0.3, -0.25) is 9.80 Å². The Labute approximate surface area is 275 Å². The number of ether oxygens (including phenoxy) is 2. The summed E-state index contributed by atoms with van der Waals surface area (Å²) >= 11 is 0. The van der Waals surface area contributed by atoms with Crippen molar-refractivity contribution in [3.8, 4) is 28.8 Å². The predicted molar refractivity (Wildman–Crippen MR) is 177 cm³/mol. The van der Waals surface area contributed by atoms with Crippen LogP contribution in [-0.2, 0) is 6.54 Å². The SMILES string of the molecule is COc1ccc(CN2CC3CCC2CN3c2ccc(-c3cc(OCCN4CC5CC(C)(O)CC5C4)cn4ncc(C#N)c34)cn2)cn1. The quantitative estimate of drug-likeness (QED) is 0.290. The zero-order valence-electron chi connectivity index (χ0n) is 27.1. The van der Waals surface area contributed by atoms with Gasteiger partial charge in [0.25, 0.3) is 0 Å². The van der Waals surface area contributed by atoms with Crippen molar-refractivity contribution in [2.45, 2.75) is 56.8 Å². The lowest BCUT2D eigenvalue weighted by molar-refractivity contribution is 0.0537. The first-order valence-electron chi connectivity index (χ1n) is 16.8. The number of pyridine rings is 3. The van der Waals surface area contributed by atoms with E-state index < -0.39 is 5.60 Å². The van der Waals surface area contributed by atoms with Crippen LogP contribution in [0.5, 0.6) is 11.6 Å². The van der Waals surface area contributed by atoms with Crippen molar-refractivity contribution in [2.24, 2.45) is 11.8 Å². The fourth-order valence-electron chi connectivity index (χ4n) is 8.63. The molecule has 0 amide bonds. The van der Waals surface area contributed by atoms with Crippen molar-refractivity contribution in [2.75, 3.05) is 51.3 Å². The zero-order valence-corrected chi connectivity index (χ0v) is 27.1. The van der Waals surface area contributed by atoms with Crippen molar-refractivity contribution in [3.63, 3.8) is 0 Å². The third-order valence-corrected chi connectivity index (χ3v) is 10.8. The summed E-state index contributed by atoms with van der Waals surface area (Å²) in [6.07, 6.45) is 11.4. The molecule has 11 heteroatoms. The number of aromatic nitrogens is 4. The fraction of sp³-hybridized carbons (Fsp3) is 0.500. The number of anilines is 1. The Morgan fingerprint density at radius 2 is 1.83 bits per heavy atom. The Balaban J connectivity index is 0.952. The molecule has 4 unspecified atom stereocenters. The highest BCUT2D eigenvalue weighted by molar-refractivity contribution is 5.85. The molecule has 1 aliphatic carbocycles. The summed E-state index contributed by atoms with van der Waals surface area (Å²) in [5.41, 5.74) is 3.79. The van der Waals surface area contributed by atoms with Crippen LogP contribution in [0.2, 0.25) is 0 Å². The normalized spacial score (nSPS) is 27.3. The van der Waals surface area contributed by atoms with E-state index in [1.807, 2.05) is 37.6 Å². The second kappa shape index (κ2) is 12.1. The minimum atomic E-state index is -0.506. The molecule has 8 heterocycles. The van der Waals surface area contributed by atoms with Gasteiger partial charge in [0.1, 0.15) is 24.2 Å². The van der Waals surface area contributed by atoms with Gasteiger partial charge in [0, 0.05) is 80.9 Å². The second-order valence-electron chi connectivity index (χ2n) is 14.2. The Morgan fingerprint density at radius 1 is 1.00 bits per heavy atom. The van der Waals surface area contributed by atoms with Gasteiger partial charge in [0.15, 0.2) is 0 Å². The highest BCUT2D eigenvalue weighted by Gasteiger charge is 2.45. The summed E-state index contributed by atoms with van der Waals surface area (Å²) < 4.78 is 13.2. The molecule has 0 radical (unpaired) electrons. The van der Waals surface area contributed by atoms with E-state index >= 15 is 0 Å². The lowest BCUT2D eigenvalue weighted by Crippen LogP contribution is -2.62. The molecule has 4 aromatic heterocycles. The number of methoxy groups -OCH3 is 1. The van der Waals surface area contributed by atoms with Crippen LogP contribution in [0.25, 0.3) is 16.6 Å². The summed E-state index contributed by atoms with van der Waals surface area (Å²) in [5, 5.41) is 24.7. The van der Waals surface area contributed by atoms with Crippen molar-refractivity contribution < 1.29 is 14.6 Å². The summed E-state index contributed by atoms with van der Waals surface area (Å²) in [5.74, 6) is 3.50. The lowest BCUT2D eigenvalue weighted by Gasteiger charge is -2.52. The van der Waals surface area contributed by atoms with E-state index in [1.165, 1.54) is 12.0 Å². The van der Waals surface area contributed by atoms with Gasteiger partial charge in [0.2, 0.25) is 5.88 Å². The Hall–Kier alpha value is -4.24. The third-order valence-electron chi connectivity index (χ3n) is 10.8. The molecule has 1 N–H and O–H groups in total. The topological polar surface area (TPSA) is 115 Å². The zero-order chi connectivity index (χ0) is 32.1. The van der Waals surface area contributed by atoms with Crippen LogP contribution in [0.4, 0.5) is 5.82 Å². The second-order valence-corrected chi connectivity index (χ2v) is 14.2. The van der Waals surface area contributed by atoms with Crippen molar-refractivity contribution >= 4 is 11.3 Å². The molecule has 4 aromatic rings. The molecule has 244 valence electrons. The third kappa shape index (κ3) is 5.90. The lowest BCUT2D eigenvalue weighted by atomic mass is 9.90. The minimum absolute atomic E-state index is 0.413. The van der Waals surface area contributed by atoms with Crippen LogP contribution in [-0.4, -0.2) is 98.6 Å². The van der Waals surface area contributed by atoms with Gasteiger partial charge in [-0.05, 0) is 68.2 Å². The number of hydrogen-bond donors (Lipinski definition) is 1. The first kappa shape index (κ1) is 30.1. The number of rotatable bonds is 9. The summed E-state index contributed by atoms with van der Waals surface area (Å²) in [6.45, 7) is 8.26. The Morgan fingerprint density at radius 3 is 2.51 bits per heavy atom. The minimum Gasteiger partial charge on any atom is -0.491 e. The highest BCUT2D eigenvalue weighted by Crippen LogP contribution is 2.43. The molecular weight excluding hydrogens is 592 g/mol. The van der Waals surface area contributed by atoms with E-state index in [4.69, 9.17) is 14.5 Å². The van der Waals surface area contributed by atoms with E-state index in [9.17, 15) is 10.4 Å². The number of likely N-dealkylation sites (tertiary alicyclic amines) is 1. The molecule has 5 aliphatic rings. The average Bonchev–Trinajstić information content (AvgIpc) is 3.75. The maximum atomic E-state index is 10.4. The van der Waals surface area contributed by atoms with Gasteiger partial charge in [-0.25, -0.2) is 14.5 Å². The van der Waals surface area contributed by atoms with Crippen LogP contribution in [0.1, 0.15) is 43.7 Å². The van der Waals surface area contributed by atoms with Crippen molar-refractivity contribution in [1.29, 1.82) is 5.26 Å². The van der Waals surface area contributed by atoms with Gasteiger partial charge in [0.05, 0.1) is 36.2 Å². The van der Waals surface area contributed by atoms with Crippen LogP contribution >= 0.6 is 0 Å². The molecule has 4 aliphatic heterocycles. The smallest absolute Gasteiger partial charge is 0.212 e. The maximum Gasteiger partial charge on any atom is 0.212 e. The highest BCUT2D eigenvalue weighted by atomic mass is 16.5. The van der Waals surface area contributed by atoms with Gasteiger partial charge in [-0.2, -0.15) is 10.4 Å².